The number of halogens is 1. The lowest BCUT2D eigenvalue weighted by molar-refractivity contribution is -0.384. The highest BCUT2D eigenvalue weighted by molar-refractivity contribution is 6.17. The van der Waals surface area contributed by atoms with Gasteiger partial charge < -0.3 is 5.32 Å². The van der Waals surface area contributed by atoms with Crippen molar-refractivity contribution in [3.8, 4) is 0 Å². The Morgan fingerprint density at radius 3 is 2.71 bits per heavy atom. The minimum absolute atomic E-state index is 0.0644. The van der Waals surface area contributed by atoms with Crippen LogP contribution in [0, 0.1) is 17.0 Å². The molecule has 0 unspecified atom stereocenters. The number of amides is 1. The number of alkyl halides is 1. The van der Waals surface area contributed by atoms with E-state index in [1.807, 2.05) is 6.07 Å². The lowest BCUT2D eigenvalue weighted by atomic mass is 10.1. The van der Waals surface area contributed by atoms with Gasteiger partial charge in [-0.1, -0.05) is 18.2 Å². The molecule has 0 spiro atoms. The van der Waals surface area contributed by atoms with Crippen molar-refractivity contribution >= 4 is 28.9 Å². The normalized spacial score (nSPS) is 10.2. The Morgan fingerprint density at radius 2 is 2.05 bits per heavy atom. The lowest BCUT2D eigenvalue weighted by Gasteiger charge is -2.09. The molecule has 0 aliphatic heterocycles. The van der Waals surface area contributed by atoms with Crippen LogP contribution in [0.1, 0.15) is 21.5 Å². The standard InChI is InChI=1S/C15H13ClN2O3/c1-10-5-6-13(18(20)21)8-14(10)17-15(19)12-4-2-3-11(7-12)9-16/h2-8H,9H2,1H3,(H,17,19). The maximum Gasteiger partial charge on any atom is 0.271 e. The molecule has 0 atom stereocenters. The second kappa shape index (κ2) is 6.37. The van der Waals surface area contributed by atoms with Gasteiger partial charge in [0.2, 0.25) is 0 Å². The zero-order valence-electron chi connectivity index (χ0n) is 11.3. The van der Waals surface area contributed by atoms with Crippen molar-refractivity contribution < 1.29 is 9.72 Å². The van der Waals surface area contributed by atoms with E-state index in [1.165, 1.54) is 12.1 Å². The first-order valence-electron chi connectivity index (χ1n) is 6.22. The van der Waals surface area contributed by atoms with Gasteiger partial charge in [0.25, 0.3) is 11.6 Å². The molecule has 0 heterocycles. The molecule has 2 rings (SSSR count). The molecule has 6 heteroatoms. The fourth-order valence-corrected chi connectivity index (χ4v) is 2.01. The SMILES string of the molecule is Cc1ccc([N+](=O)[O-])cc1NC(=O)c1cccc(CCl)c1. The molecule has 2 aromatic carbocycles. The molecule has 21 heavy (non-hydrogen) atoms. The third kappa shape index (κ3) is 3.58. The van der Waals surface area contributed by atoms with Crippen LogP contribution < -0.4 is 5.32 Å². The van der Waals surface area contributed by atoms with E-state index in [-0.39, 0.29) is 11.6 Å². The molecular formula is C15H13ClN2O3. The molecule has 1 amide bonds. The molecule has 0 aromatic heterocycles. The van der Waals surface area contributed by atoms with E-state index in [1.54, 1.807) is 31.2 Å². The van der Waals surface area contributed by atoms with Gasteiger partial charge in [-0.2, -0.15) is 0 Å². The zero-order valence-corrected chi connectivity index (χ0v) is 12.1. The van der Waals surface area contributed by atoms with Crippen LogP contribution in [-0.2, 0) is 5.88 Å². The molecule has 0 aliphatic carbocycles. The Bertz CT molecular complexity index is 701. The number of nitro groups is 1. The number of hydrogen-bond acceptors (Lipinski definition) is 3. The monoisotopic (exact) mass is 304 g/mol. The zero-order chi connectivity index (χ0) is 15.4. The number of nitrogens with zero attached hydrogens (tertiary/aromatic N) is 1. The first-order valence-corrected chi connectivity index (χ1v) is 6.76. The number of benzene rings is 2. The summed E-state index contributed by atoms with van der Waals surface area (Å²) in [4.78, 5) is 22.5. The van der Waals surface area contributed by atoms with Gasteiger partial charge in [-0.05, 0) is 30.2 Å². The van der Waals surface area contributed by atoms with Crippen LogP contribution in [0.15, 0.2) is 42.5 Å². The predicted molar refractivity (Wildman–Crippen MR) is 81.8 cm³/mol. The highest BCUT2D eigenvalue weighted by Gasteiger charge is 2.12. The third-order valence-corrected chi connectivity index (χ3v) is 3.33. The number of aryl methyl sites for hydroxylation is 1. The smallest absolute Gasteiger partial charge is 0.271 e. The van der Waals surface area contributed by atoms with Crippen molar-refractivity contribution in [3.05, 3.63) is 69.3 Å². The van der Waals surface area contributed by atoms with Gasteiger partial charge in [0.15, 0.2) is 0 Å². The summed E-state index contributed by atoms with van der Waals surface area (Å²) in [5.74, 6) is -0.0118. The summed E-state index contributed by atoms with van der Waals surface area (Å²) < 4.78 is 0. The molecule has 108 valence electrons. The first kappa shape index (κ1) is 15.0. The molecule has 0 saturated carbocycles. The molecule has 0 radical (unpaired) electrons. The molecule has 1 N–H and O–H groups in total. The van der Waals surface area contributed by atoms with Crippen molar-refractivity contribution in [1.29, 1.82) is 0 Å². The maximum atomic E-state index is 12.2. The average molecular weight is 305 g/mol. The number of carbonyl (C=O) groups excluding carboxylic acids is 1. The second-order valence-corrected chi connectivity index (χ2v) is 4.81. The number of non-ortho nitro benzene ring substituents is 1. The van der Waals surface area contributed by atoms with Gasteiger partial charge in [-0.3, -0.25) is 14.9 Å². The van der Waals surface area contributed by atoms with Crippen molar-refractivity contribution in [2.24, 2.45) is 0 Å². The third-order valence-electron chi connectivity index (χ3n) is 3.02. The lowest BCUT2D eigenvalue weighted by Crippen LogP contribution is -2.13. The van der Waals surface area contributed by atoms with Gasteiger partial charge in [0.05, 0.1) is 10.6 Å². The van der Waals surface area contributed by atoms with Crippen LogP contribution in [0.25, 0.3) is 0 Å². The minimum Gasteiger partial charge on any atom is -0.321 e. The summed E-state index contributed by atoms with van der Waals surface area (Å²) in [6.07, 6.45) is 0. The second-order valence-electron chi connectivity index (χ2n) is 4.54. The molecule has 5 nitrogen and oxygen atoms in total. The predicted octanol–water partition coefficient (Wildman–Crippen LogP) is 3.89. The number of hydrogen-bond donors (Lipinski definition) is 1. The Morgan fingerprint density at radius 1 is 1.29 bits per heavy atom. The van der Waals surface area contributed by atoms with E-state index in [0.29, 0.717) is 17.1 Å². The Hall–Kier alpha value is -2.40. The maximum absolute atomic E-state index is 12.2. The van der Waals surface area contributed by atoms with Gasteiger partial charge in [0, 0.05) is 23.6 Å². The quantitative estimate of drug-likeness (QED) is 0.529. The summed E-state index contributed by atoms with van der Waals surface area (Å²) >= 11 is 5.74. The van der Waals surface area contributed by atoms with Crippen LogP contribution in [0.4, 0.5) is 11.4 Å². The first-order chi connectivity index (χ1) is 10.0. The number of carbonyl (C=O) groups is 1. The van der Waals surface area contributed by atoms with Crippen molar-refractivity contribution in [2.45, 2.75) is 12.8 Å². The average Bonchev–Trinajstić information content (AvgIpc) is 2.49. The highest BCUT2D eigenvalue weighted by Crippen LogP contribution is 2.22. The van der Waals surface area contributed by atoms with Gasteiger partial charge in [-0.15, -0.1) is 11.6 Å². The number of rotatable bonds is 4. The van der Waals surface area contributed by atoms with E-state index in [2.05, 4.69) is 5.32 Å². The molecular weight excluding hydrogens is 292 g/mol. The summed E-state index contributed by atoms with van der Waals surface area (Å²) in [7, 11) is 0. The van der Waals surface area contributed by atoms with E-state index in [4.69, 9.17) is 11.6 Å². The van der Waals surface area contributed by atoms with Crippen LogP contribution in [0.3, 0.4) is 0 Å². The van der Waals surface area contributed by atoms with Crippen LogP contribution in [0.5, 0.6) is 0 Å². The molecule has 0 bridgehead atoms. The fraction of sp³-hybridized carbons (Fsp3) is 0.133. The van der Waals surface area contributed by atoms with Crippen molar-refractivity contribution in [1.82, 2.24) is 0 Å². The van der Waals surface area contributed by atoms with Gasteiger partial charge >= 0.3 is 0 Å². The number of nitro benzene ring substituents is 1. The van der Waals surface area contributed by atoms with Crippen molar-refractivity contribution in [2.75, 3.05) is 5.32 Å². The van der Waals surface area contributed by atoms with Crippen LogP contribution in [-0.4, -0.2) is 10.8 Å². The summed E-state index contributed by atoms with van der Waals surface area (Å²) in [5, 5.41) is 13.5. The van der Waals surface area contributed by atoms with E-state index < -0.39 is 4.92 Å². The van der Waals surface area contributed by atoms with Crippen LogP contribution in [0.2, 0.25) is 0 Å². The largest absolute Gasteiger partial charge is 0.321 e. The van der Waals surface area contributed by atoms with E-state index in [9.17, 15) is 14.9 Å². The Balaban J connectivity index is 2.26. The summed E-state index contributed by atoms with van der Waals surface area (Å²) in [6.45, 7) is 1.77. The minimum atomic E-state index is -0.497. The topological polar surface area (TPSA) is 72.2 Å². The van der Waals surface area contributed by atoms with Gasteiger partial charge in [0.1, 0.15) is 0 Å². The fourth-order valence-electron chi connectivity index (χ4n) is 1.85. The molecule has 0 aliphatic rings. The highest BCUT2D eigenvalue weighted by atomic mass is 35.5. The van der Waals surface area contributed by atoms with E-state index >= 15 is 0 Å². The van der Waals surface area contributed by atoms with E-state index in [0.717, 1.165) is 11.1 Å². The van der Waals surface area contributed by atoms with Crippen LogP contribution >= 0.6 is 11.6 Å². The Kier molecular flexibility index (Phi) is 4.55. The molecule has 0 fully saturated rings. The number of nitrogens with one attached hydrogen (secondary N) is 1. The molecule has 0 saturated heterocycles. The molecule has 2 aromatic rings. The summed E-state index contributed by atoms with van der Waals surface area (Å²) in [5.41, 5.74) is 2.40. The Labute approximate surface area is 126 Å². The number of anilines is 1. The summed E-state index contributed by atoms with van der Waals surface area (Å²) in [6, 6.07) is 11.3. The van der Waals surface area contributed by atoms with Crippen molar-refractivity contribution in [3.63, 3.8) is 0 Å². The van der Waals surface area contributed by atoms with Gasteiger partial charge in [-0.25, -0.2) is 0 Å².